The molecule has 31 heavy (non-hydrogen) atoms. The van der Waals surface area contributed by atoms with E-state index in [1.807, 2.05) is 0 Å². The molecular formula is C20H15F3N4O3S. The molecule has 0 bridgehead atoms. The molecule has 1 aromatic carbocycles. The lowest BCUT2D eigenvalue weighted by molar-refractivity contribution is 0.253. The van der Waals surface area contributed by atoms with Crippen molar-refractivity contribution < 1.29 is 26.4 Å². The van der Waals surface area contributed by atoms with Crippen LogP contribution in [0.2, 0.25) is 0 Å². The second-order valence-electron chi connectivity index (χ2n) is 6.88. The summed E-state index contributed by atoms with van der Waals surface area (Å²) >= 11 is 0. The number of hydrogen-bond donors (Lipinski definition) is 0. The Bertz CT molecular complexity index is 1310. The number of rotatable bonds is 3. The number of pyridine rings is 2. The first kappa shape index (κ1) is 20.8. The van der Waals surface area contributed by atoms with Gasteiger partial charge < -0.3 is 0 Å². The van der Waals surface area contributed by atoms with E-state index in [-0.39, 0.29) is 16.5 Å². The Morgan fingerprint density at radius 1 is 1.03 bits per heavy atom. The minimum atomic E-state index is -4.40. The molecule has 0 spiro atoms. The quantitative estimate of drug-likeness (QED) is 0.608. The molecule has 11 heteroatoms. The predicted molar refractivity (Wildman–Crippen MR) is 106 cm³/mol. The van der Waals surface area contributed by atoms with Crippen molar-refractivity contribution in [3.63, 3.8) is 0 Å². The summed E-state index contributed by atoms with van der Waals surface area (Å²) < 4.78 is 68.6. The number of benzene rings is 1. The van der Waals surface area contributed by atoms with E-state index in [0.29, 0.717) is 22.1 Å². The summed E-state index contributed by atoms with van der Waals surface area (Å²) in [7, 11) is -4.40. The molecule has 0 N–H and O–H groups in total. The van der Waals surface area contributed by atoms with Gasteiger partial charge in [0.05, 0.1) is 6.54 Å². The normalized spacial score (nSPS) is 15.2. The minimum Gasteiger partial charge on any atom is -0.271 e. The summed E-state index contributed by atoms with van der Waals surface area (Å²) in [5, 5.41) is 0. The zero-order chi connectivity index (χ0) is 22.5. The molecule has 1 aliphatic heterocycles. The zero-order valence-electron chi connectivity index (χ0n) is 16.3. The maximum absolute atomic E-state index is 14.3. The third-order valence-corrected chi connectivity index (χ3v) is 6.59. The van der Waals surface area contributed by atoms with Crippen LogP contribution in [0.15, 0.2) is 47.5 Å². The molecule has 160 valence electrons. The van der Waals surface area contributed by atoms with Crippen LogP contribution >= 0.6 is 0 Å². The third kappa shape index (κ3) is 3.40. The van der Waals surface area contributed by atoms with Crippen LogP contribution in [-0.4, -0.2) is 24.4 Å². The van der Waals surface area contributed by atoms with E-state index >= 15 is 0 Å². The second-order valence-corrected chi connectivity index (χ2v) is 8.64. The van der Waals surface area contributed by atoms with Crippen molar-refractivity contribution in [2.75, 3.05) is 9.21 Å². The predicted octanol–water partition coefficient (Wildman–Crippen LogP) is 3.85. The van der Waals surface area contributed by atoms with Gasteiger partial charge in [0.1, 0.15) is 22.3 Å². The second kappa shape index (κ2) is 7.34. The molecule has 4 rings (SSSR count). The molecule has 0 aliphatic carbocycles. The largest absolute Gasteiger partial charge is 0.346 e. The number of aromatic nitrogens is 2. The Balaban J connectivity index is 1.90. The van der Waals surface area contributed by atoms with Crippen LogP contribution in [0.1, 0.15) is 16.8 Å². The Labute approximate surface area is 175 Å². The Morgan fingerprint density at radius 2 is 1.71 bits per heavy atom. The standard InChI is InChI=1S/C20H15F3N4O3S/c1-11-5-6-18(25-12(11)2)27-20(28)26(10-14-15(22)8-13(21)9-16(14)23)19-17(31(27,29)30)4-3-7-24-19/h3-9H,10H2,1-2H3. The summed E-state index contributed by atoms with van der Waals surface area (Å²) in [4.78, 5) is 21.9. The van der Waals surface area contributed by atoms with Gasteiger partial charge in [0.2, 0.25) is 0 Å². The average molecular weight is 448 g/mol. The number of nitrogens with zero attached hydrogens (tertiary/aromatic N) is 4. The van der Waals surface area contributed by atoms with E-state index in [9.17, 15) is 26.4 Å². The number of fused-ring (bicyclic) bond motifs is 1. The number of sulfonamides is 1. The number of halogens is 3. The van der Waals surface area contributed by atoms with Gasteiger partial charge in [-0.1, -0.05) is 6.07 Å². The number of urea groups is 1. The Hall–Kier alpha value is -3.47. The fourth-order valence-electron chi connectivity index (χ4n) is 3.16. The van der Waals surface area contributed by atoms with Crippen molar-refractivity contribution in [3.05, 3.63) is 76.9 Å². The van der Waals surface area contributed by atoms with Crippen LogP contribution in [0, 0.1) is 31.3 Å². The van der Waals surface area contributed by atoms with Crippen LogP contribution in [0.25, 0.3) is 0 Å². The smallest absolute Gasteiger partial charge is 0.271 e. The maximum atomic E-state index is 14.3. The summed E-state index contributed by atoms with van der Waals surface area (Å²) in [6.07, 6.45) is 1.25. The van der Waals surface area contributed by atoms with E-state index in [2.05, 4.69) is 9.97 Å². The van der Waals surface area contributed by atoms with Crippen molar-refractivity contribution in [1.29, 1.82) is 0 Å². The molecule has 2 aromatic heterocycles. The Morgan fingerprint density at radius 3 is 2.35 bits per heavy atom. The SMILES string of the molecule is Cc1ccc(N2C(=O)N(Cc3c(F)cc(F)cc3F)c3ncccc3S2(=O)=O)nc1C. The van der Waals surface area contributed by atoms with Crippen LogP contribution < -0.4 is 9.21 Å². The summed E-state index contributed by atoms with van der Waals surface area (Å²) in [6, 6.07) is 5.37. The number of carbonyl (C=O) groups excluding carboxylic acids is 1. The molecule has 1 aliphatic rings. The van der Waals surface area contributed by atoms with Crippen LogP contribution in [0.4, 0.5) is 29.6 Å². The van der Waals surface area contributed by atoms with Gasteiger partial charge in [-0.3, -0.25) is 4.90 Å². The lowest BCUT2D eigenvalue weighted by Crippen LogP contribution is -2.51. The Kier molecular flexibility index (Phi) is 4.92. The van der Waals surface area contributed by atoms with E-state index in [4.69, 9.17) is 0 Å². The van der Waals surface area contributed by atoms with Crippen molar-refractivity contribution in [2.45, 2.75) is 25.3 Å². The van der Waals surface area contributed by atoms with Gasteiger partial charge in [-0.05, 0) is 37.6 Å². The molecule has 2 amide bonds. The lowest BCUT2D eigenvalue weighted by Gasteiger charge is -2.34. The molecule has 0 unspecified atom stereocenters. The van der Waals surface area contributed by atoms with Crippen LogP contribution in [0.5, 0.6) is 0 Å². The maximum Gasteiger partial charge on any atom is 0.346 e. The number of aryl methyl sites for hydroxylation is 2. The first-order valence-electron chi connectivity index (χ1n) is 9.01. The number of amides is 2. The zero-order valence-corrected chi connectivity index (χ0v) is 17.1. The van der Waals surface area contributed by atoms with Crippen molar-refractivity contribution in [3.8, 4) is 0 Å². The molecule has 0 atom stereocenters. The van der Waals surface area contributed by atoms with E-state index in [1.54, 1.807) is 19.9 Å². The average Bonchev–Trinajstić information content (AvgIpc) is 2.69. The first-order chi connectivity index (χ1) is 14.6. The molecular weight excluding hydrogens is 433 g/mol. The van der Waals surface area contributed by atoms with Gasteiger partial charge in [-0.25, -0.2) is 36.4 Å². The molecule has 0 radical (unpaired) electrons. The molecule has 7 nitrogen and oxygen atoms in total. The summed E-state index contributed by atoms with van der Waals surface area (Å²) in [5.74, 6) is -4.02. The topological polar surface area (TPSA) is 83.5 Å². The van der Waals surface area contributed by atoms with Gasteiger partial charge >= 0.3 is 6.03 Å². The van der Waals surface area contributed by atoms with E-state index < -0.39 is 45.6 Å². The lowest BCUT2D eigenvalue weighted by atomic mass is 10.1. The number of anilines is 2. The fourth-order valence-corrected chi connectivity index (χ4v) is 4.66. The highest BCUT2D eigenvalue weighted by molar-refractivity contribution is 7.94. The molecule has 3 heterocycles. The van der Waals surface area contributed by atoms with Crippen molar-refractivity contribution >= 4 is 27.7 Å². The van der Waals surface area contributed by atoms with Gasteiger partial charge in [-0.15, -0.1) is 0 Å². The van der Waals surface area contributed by atoms with E-state index in [1.165, 1.54) is 24.4 Å². The van der Waals surface area contributed by atoms with Crippen LogP contribution in [0.3, 0.4) is 0 Å². The van der Waals surface area contributed by atoms with Gasteiger partial charge in [0.25, 0.3) is 10.0 Å². The number of carbonyl (C=O) groups is 1. The summed E-state index contributed by atoms with van der Waals surface area (Å²) in [6.45, 7) is 2.71. The van der Waals surface area contributed by atoms with Gasteiger partial charge in [0.15, 0.2) is 11.6 Å². The summed E-state index contributed by atoms with van der Waals surface area (Å²) in [5.41, 5.74) is 0.665. The highest BCUT2D eigenvalue weighted by Gasteiger charge is 2.44. The molecule has 0 saturated carbocycles. The minimum absolute atomic E-state index is 0.173. The van der Waals surface area contributed by atoms with Crippen LogP contribution in [-0.2, 0) is 16.6 Å². The fraction of sp³-hybridized carbons (Fsp3) is 0.150. The molecule has 0 saturated heterocycles. The van der Waals surface area contributed by atoms with E-state index in [0.717, 1.165) is 10.5 Å². The van der Waals surface area contributed by atoms with Gasteiger partial charge in [0, 0.05) is 29.6 Å². The van der Waals surface area contributed by atoms with Gasteiger partial charge in [-0.2, -0.15) is 4.31 Å². The van der Waals surface area contributed by atoms with Crippen molar-refractivity contribution in [2.24, 2.45) is 0 Å². The van der Waals surface area contributed by atoms with Crippen molar-refractivity contribution in [1.82, 2.24) is 9.97 Å². The number of hydrogen-bond acceptors (Lipinski definition) is 5. The molecule has 3 aromatic rings. The monoisotopic (exact) mass is 448 g/mol. The highest BCUT2D eigenvalue weighted by Crippen LogP contribution is 2.36. The third-order valence-electron chi connectivity index (χ3n) is 4.89. The molecule has 0 fully saturated rings. The first-order valence-corrected chi connectivity index (χ1v) is 10.4. The highest BCUT2D eigenvalue weighted by atomic mass is 32.2.